The van der Waals surface area contributed by atoms with Gasteiger partial charge in [-0.1, -0.05) is 41.9 Å². The molecule has 0 aliphatic rings. The number of hydrogen-bond acceptors (Lipinski definition) is 5. The Labute approximate surface area is 167 Å². The van der Waals surface area contributed by atoms with Gasteiger partial charge in [0.05, 0.1) is 13.3 Å². The molecule has 0 aliphatic carbocycles. The second-order valence-electron chi connectivity index (χ2n) is 6.01. The molecule has 0 radical (unpaired) electrons. The highest BCUT2D eigenvalue weighted by Crippen LogP contribution is 2.32. The summed E-state index contributed by atoms with van der Waals surface area (Å²) in [6.45, 7) is 4.15. The lowest BCUT2D eigenvalue weighted by atomic mass is 9.99. The fraction of sp³-hybridized carbons (Fsp3) is 0.300. The standard InChI is InChI=1S/C20H23BrN2O4/c1-4-13(2)14-5-7-17(8-6-14)27-12-19(24)23-22-11-15-9-16(21)10-18(26-3)20(15)25/h5-11,13,25H,4,12H2,1-3H3,(H,23,24)/b22-11+/t13-/m1/s1. The minimum absolute atomic E-state index is 0.0589. The molecular weight excluding hydrogens is 412 g/mol. The highest BCUT2D eigenvalue weighted by molar-refractivity contribution is 9.10. The zero-order valence-corrected chi connectivity index (χ0v) is 17.1. The number of nitrogens with zero attached hydrogens (tertiary/aromatic N) is 1. The molecule has 0 saturated carbocycles. The van der Waals surface area contributed by atoms with Crippen LogP contribution >= 0.6 is 15.9 Å². The number of nitrogens with one attached hydrogen (secondary N) is 1. The van der Waals surface area contributed by atoms with Gasteiger partial charge >= 0.3 is 0 Å². The molecule has 1 atom stereocenters. The third-order valence-corrected chi connectivity index (χ3v) is 4.57. The van der Waals surface area contributed by atoms with Gasteiger partial charge < -0.3 is 14.6 Å². The molecule has 0 saturated heterocycles. The number of carbonyl (C=O) groups excluding carboxylic acids is 1. The van der Waals surface area contributed by atoms with Gasteiger partial charge in [-0.15, -0.1) is 0 Å². The SMILES string of the molecule is CC[C@@H](C)c1ccc(OCC(=O)N/N=C/c2cc(Br)cc(OC)c2O)cc1. The summed E-state index contributed by atoms with van der Waals surface area (Å²) in [7, 11) is 1.46. The average molecular weight is 435 g/mol. The molecule has 27 heavy (non-hydrogen) atoms. The van der Waals surface area contributed by atoms with Crippen molar-refractivity contribution in [3.8, 4) is 17.2 Å². The maximum absolute atomic E-state index is 11.9. The molecule has 2 rings (SSSR count). The second-order valence-corrected chi connectivity index (χ2v) is 6.92. The Kier molecular flexibility index (Phi) is 7.67. The van der Waals surface area contributed by atoms with Crippen molar-refractivity contribution in [3.63, 3.8) is 0 Å². The first-order valence-electron chi connectivity index (χ1n) is 8.55. The highest BCUT2D eigenvalue weighted by Gasteiger charge is 2.09. The lowest BCUT2D eigenvalue weighted by Crippen LogP contribution is -2.24. The average Bonchev–Trinajstić information content (AvgIpc) is 2.68. The Morgan fingerprint density at radius 3 is 2.67 bits per heavy atom. The summed E-state index contributed by atoms with van der Waals surface area (Å²) >= 11 is 3.32. The Morgan fingerprint density at radius 1 is 1.33 bits per heavy atom. The summed E-state index contributed by atoms with van der Waals surface area (Å²) in [5.74, 6) is 0.955. The van der Waals surface area contributed by atoms with Crippen LogP contribution in [-0.2, 0) is 4.79 Å². The number of methoxy groups -OCH3 is 1. The van der Waals surface area contributed by atoms with Gasteiger partial charge in [0.1, 0.15) is 5.75 Å². The van der Waals surface area contributed by atoms with Crippen LogP contribution in [0, 0.1) is 0 Å². The number of ether oxygens (including phenoxy) is 2. The number of hydrogen-bond donors (Lipinski definition) is 2. The zero-order chi connectivity index (χ0) is 19.8. The predicted molar refractivity (Wildman–Crippen MR) is 109 cm³/mol. The summed E-state index contributed by atoms with van der Waals surface area (Å²) in [5.41, 5.74) is 4.01. The van der Waals surface area contributed by atoms with E-state index in [0.717, 1.165) is 6.42 Å². The van der Waals surface area contributed by atoms with Crippen LogP contribution in [-0.4, -0.2) is 30.9 Å². The van der Waals surface area contributed by atoms with E-state index in [2.05, 4.69) is 40.3 Å². The molecule has 1 amide bonds. The molecule has 0 heterocycles. The topological polar surface area (TPSA) is 80.2 Å². The van der Waals surface area contributed by atoms with Crippen LogP contribution in [0.4, 0.5) is 0 Å². The summed E-state index contributed by atoms with van der Waals surface area (Å²) in [6.07, 6.45) is 2.40. The molecule has 0 fully saturated rings. The Hall–Kier alpha value is -2.54. The van der Waals surface area contributed by atoms with E-state index in [1.165, 1.54) is 18.9 Å². The Morgan fingerprint density at radius 2 is 2.04 bits per heavy atom. The summed E-state index contributed by atoms with van der Waals surface area (Å²) in [4.78, 5) is 11.9. The molecular formula is C20H23BrN2O4. The molecule has 0 spiro atoms. The molecule has 0 unspecified atom stereocenters. The number of phenolic OH excluding ortho intramolecular Hbond substituents is 1. The number of hydrazone groups is 1. The first kappa shape index (κ1) is 20.8. The highest BCUT2D eigenvalue weighted by atomic mass is 79.9. The van der Waals surface area contributed by atoms with Crippen molar-refractivity contribution in [1.29, 1.82) is 0 Å². The minimum atomic E-state index is -0.404. The van der Waals surface area contributed by atoms with Crippen molar-refractivity contribution in [3.05, 3.63) is 52.0 Å². The van der Waals surface area contributed by atoms with Crippen molar-refractivity contribution in [2.24, 2.45) is 5.10 Å². The maximum atomic E-state index is 11.9. The molecule has 0 bridgehead atoms. The van der Waals surface area contributed by atoms with E-state index in [4.69, 9.17) is 9.47 Å². The van der Waals surface area contributed by atoms with Crippen molar-refractivity contribution >= 4 is 28.1 Å². The fourth-order valence-corrected chi connectivity index (χ4v) is 2.79. The van der Waals surface area contributed by atoms with E-state index in [-0.39, 0.29) is 12.4 Å². The molecule has 0 aromatic heterocycles. The Bertz CT molecular complexity index is 806. The molecule has 144 valence electrons. The molecule has 7 heteroatoms. The quantitative estimate of drug-likeness (QED) is 0.481. The van der Waals surface area contributed by atoms with Crippen LogP contribution in [0.3, 0.4) is 0 Å². The largest absolute Gasteiger partial charge is 0.504 e. The zero-order valence-electron chi connectivity index (χ0n) is 15.5. The van der Waals surface area contributed by atoms with Crippen LogP contribution in [0.5, 0.6) is 17.2 Å². The maximum Gasteiger partial charge on any atom is 0.277 e. The third-order valence-electron chi connectivity index (χ3n) is 4.11. The van der Waals surface area contributed by atoms with Crippen molar-refractivity contribution in [1.82, 2.24) is 5.43 Å². The predicted octanol–water partition coefficient (Wildman–Crippen LogP) is 4.21. The Balaban J connectivity index is 1.88. The summed E-state index contributed by atoms with van der Waals surface area (Å²) in [6, 6.07) is 11.0. The summed E-state index contributed by atoms with van der Waals surface area (Å²) in [5, 5.41) is 13.9. The van der Waals surface area contributed by atoms with E-state index in [1.54, 1.807) is 12.1 Å². The van der Waals surface area contributed by atoms with Crippen LogP contribution < -0.4 is 14.9 Å². The van der Waals surface area contributed by atoms with E-state index in [1.807, 2.05) is 24.3 Å². The molecule has 2 aromatic rings. The monoisotopic (exact) mass is 434 g/mol. The van der Waals surface area contributed by atoms with Crippen LogP contribution in [0.25, 0.3) is 0 Å². The number of amides is 1. The van der Waals surface area contributed by atoms with E-state index < -0.39 is 5.91 Å². The number of benzene rings is 2. The van der Waals surface area contributed by atoms with E-state index in [0.29, 0.717) is 27.5 Å². The number of halogens is 1. The molecule has 2 aromatic carbocycles. The first-order valence-corrected chi connectivity index (χ1v) is 9.35. The van der Waals surface area contributed by atoms with Gasteiger partial charge in [0.25, 0.3) is 5.91 Å². The number of carbonyl (C=O) groups is 1. The van der Waals surface area contributed by atoms with Gasteiger partial charge in [-0.2, -0.15) is 5.10 Å². The van der Waals surface area contributed by atoms with Crippen LogP contribution in [0.15, 0.2) is 46.0 Å². The van der Waals surface area contributed by atoms with Crippen LogP contribution in [0.2, 0.25) is 0 Å². The second kappa shape index (κ2) is 9.97. The smallest absolute Gasteiger partial charge is 0.277 e. The third kappa shape index (κ3) is 5.99. The summed E-state index contributed by atoms with van der Waals surface area (Å²) < 4.78 is 11.2. The first-order chi connectivity index (χ1) is 12.9. The minimum Gasteiger partial charge on any atom is -0.504 e. The number of rotatable bonds is 8. The normalized spacial score (nSPS) is 12.0. The van der Waals surface area contributed by atoms with Crippen molar-refractivity contribution < 1.29 is 19.4 Å². The van der Waals surface area contributed by atoms with Gasteiger partial charge in [0.2, 0.25) is 0 Å². The van der Waals surface area contributed by atoms with Gasteiger partial charge in [-0.05, 0) is 42.2 Å². The number of phenols is 1. The molecule has 2 N–H and O–H groups in total. The molecule has 6 nitrogen and oxygen atoms in total. The number of aromatic hydroxyl groups is 1. The fourth-order valence-electron chi connectivity index (χ4n) is 2.33. The van der Waals surface area contributed by atoms with Gasteiger partial charge in [-0.25, -0.2) is 5.43 Å². The van der Waals surface area contributed by atoms with Crippen molar-refractivity contribution in [2.75, 3.05) is 13.7 Å². The van der Waals surface area contributed by atoms with Gasteiger partial charge in [0.15, 0.2) is 18.1 Å². The van der Waals surface area contributed by atoms with Crippen LogP contribution in [0.1, 0.15) is 37.3 Å². The lowest BCUT2D eigenvalue weighted by molar-refractivity contribution is -0.123. The molecule has 0 aliphatic heterocycles. The van der Waals surface area contributed by atoms with E-state index in [9.17, 15) is 9.90 Å². The lowest BCUT2D eigenvalue weighted by Gasteiger charge is -2.10. The van der Waals surface area contributed by atoms with Crippen molar-refractivity contribution in [2.45, 2.75) is 26.2 Å². The van der Waals surface area contributed by atoms with E-state index >= 15 is 0 Å². The van der Waals surface area contributed by atoms with Gasteiger partial charge in [-0.3, -0.25) is 4.79 Å². The van der Waals surface area contributed by atoms with Gasteiger partial charge in [0, 0.05) is 10.0 Å².